The van der Waals surface area contributed by atoms with Crippen molar-refractivity contribution in [3.8, 4) is 0 Å². The summed E-state index contributed by atoms with van der Waals surface area (Å²) in [5.41, 5.74) is -0.597. The molecule has 0 bridgehead atoms. The predicted octanol–water partition coefficient (Wildman–Crippen LogP) is 0.920. The summed E-state index contributed by atoms with van der Waals surface area (Å²) in [5, 5.41) is 9.60. The van der Waals surface area contributed by atoms with Crippen LogP contribution in [0.1, 0.15) is 33.6 Å². The summed E-state index contributed by atoms with van der Waals surface area (Å²) in [6.45, 7) is 5.50. The fourth-order valence-electron chi connectivity index (χ4n) is 1.91. The third kappa shape index (κ3) is 4.18. The maximum absolute atomic E-state index is 11.9. The van der Waals surface area contributed by atoms with Gasteiger partial charge in [0.1, 0.15) is 5.60 Å². The molecule has 0 spiro atoms. The highest BCUT2D eigenvalue weighted by atomic mass is 16.6. The van der Waals surface area contributed by atoms with E-state index in [4.69, 9.17) is 4.74 Å². The summed E-state index contributed by atoms with van der Waals surface area (Å²) in [7, 11) is 1.30. The molecule has 18 heavy (non-hydrogen) atoms. The summed E-state index contributed by atoms with van der Waals surface area (Å²) in [6, 6.07) is -0.359. The number of methoxy groups -OCH3 is 1. The van der Waals surface area contributed by atoms with Crippen LogP contribution in [-0.2, 0) is 14.3 Å². The molecule has 104 valence electrons. The molecule has 1 N–H and O–H groups in total. The molecule has 1 saturated heterocycles. The molecule has 1 amide bonds. The number of rotatable bonds is 2. The third-order valence-electron chi connectivity index (χ3n) is 2.65. The van der Waals surface area contributed by atoms with Gasteiger partial charge in [-0.25, -0.2) is 4.79 Å². The first-order valence-corrected chi connectivity index (χ1v) is 5.97. The summed E-state index contributed by atoms with van der Waals surface area (Å²) < 4.78 is 9.82. The molecular weight excluding hydrogens is 238 g/mol. The van der Waals surface area contributed by atoms with E-state index in [2.05, 4.69) is 4.74 Å². The molecule has 0 aromatic carbocycles. The average Bonchev–Trinajstić information content (AvgIpc) is 2.56. The van der Waals surface area contributed by atoms with Crippen molar-refractivity contribution in [2.24, 2.45) is 0 Å². The molecule has 0 aromatic heterocycles. The van der Waals surface area contributed by atoms with Crippen molar-refractivity contribution in [1.82, 2.24) is 4.90 Å². The van der Waals surface area contributed by atoms with Gasteiger partial charge in [0.25, 0.3) is 0 Å². The molecular formula is C12H21NO5. The molecule has 1 heterocycles. The van der Waals surface area contributed by atoms with E-state index in [1.807, 2.05) is 0 Å². The first kappa shape index (κ1) is 14.8. The zero-order chi connectivity index (χ0) is 13.9. The van der Waals surface area contributed by atoms with Crippen LogP contribution in [0.4, 0.5) is 4.79 Å². The first-order valence-electron chi connectivity index (χ1n) is 5.97. The van der Waals surface area contributed by atoms with Gasteiger partial charge in [-0.1, -0.05) is 0 Å². The van der Waals surface area contributed by atoms with E-state index in [9.17, 15) is 14.7 Å². The van der Waals surface area contributed by atoms with Crippen molar-refractivity contribution in [3.05, 3.63) is 0 Å². The van der Waals surface area contributed by atoms with Gasteiger partial charge in [0, 0.05) is 6.04 Å². The minimum atomic E-state index is -0.618. The zero-order valence-electron chi connectivity index (χ0n) is 11.3. The van der Waals surface area contributed by atoms with Crippen LogP contribution in [0.25, 0.3) is 0 Å². The van der Waals surface area contributed by atoms with Crippen molar-refractivity contribution in [3.63, 3.8) is 0 Å². The van der Waals surface area contributed by atoms with Gasteiger partial charge in [-0.3, -0.25) is 4.79 Å². The Kier molecular flexibility index (Phi) is 4.56. The highest BCUT2D eigenvalue weighted by Crippen LogP contribution is 2.23. The minimum absolute atomic E-state index is 0.0762. The number of carbonyl (C=O) groups excluding carboxylic acids is 2. The van der Waals surface area contributed by atoms with Crippen molar-refractivity contribution < 1.29 is 24.2 Å². The Balaban J connectivity index is 2.66. The number of hydrogen-bond acceptors (Lipinski definition) is 5. The number of ether oxygens (including phenoxy) is 2. The normalized spacial score (nSPS) is 23.9. The van der Waals surface area contributed by atoms with Crippen LogP contribution in [0, 0.1) is 0 Å². The van der Waals surface area contributed by atoms with Crippen molar-refractivity contribution >= 4 is 12.1 Å². The van der Waals surface area contributed by atoms with Crippen LogP contribution in [0.5, 0.6) is 0 Å². The minimum Gasteiger partial charge on any atom is -0.469 e. The average molecular weight is 259 g/mol. The molecule has 2 unspecified atom stereocenters. The van der Waals surface area contributed by atoms with Crippen LogP contribution in [0.15, 0.2) is 0 Å². The van der Waals surface area contributed by atoms with Crippen molar-refractivity contribution in [2.45, 2.75) is 51.4 Å². The highest BCUT2D eigenvalue weighted by Gasteiger charge is 2.37. The number of amides is 1. The van der Waals surface area contributed by atoms with Crippen LogP contribution >= 0.6 is 0 Å². The van der Waals surface area contributed by atoms with Crippen molar-refractivity contribution in [1.29, 1.82) is 0 Å². The van der Waals surface area contributed by atoms with Gasteiger partial charge in [-0.05, 0) is 27.2 Å². The highest BCUT2D eigenvalue weighted by molar-refractivity contribution is 5.73. The standard InChI is InChI=1S/C12H21NO5/c1-12(2,3)18-11(16)13-7-9(14)5-8(13)6-10(15)17-4/h8-9,14H,5-7H2,1-4H3. The van der Waals surface area contributed by atoms with E-state index >= 15 is 0 Å². The number of hydrogen-bond donors (Lipinski definition) is 1. The molecule has 1 fully saturated rings. The third-order valence-corrected chi connectivity index (χ3v) is 2.65. The number of β-amino-alcohol motifs (C(OH)–C–C–N with tert-alkyl or cyclic N) is 1. The van der Waals surface area contributed by atoms with E-state index in [1.54, 1.807) is 20.8 Å². The molecule has 0 aromatic rings. The monoisotopic (exact) mass is 259 g/mol. The molecule has 0 saturated carbocycles. The van der Waals surface area contributed by atoms with E-state index in [-0.39, 0.29) is 19.0 Å². The van der Waals surface area contributed by atoms with Crippen LogP contribution in [0.3, 0.4) is 0 Å². The Labute approximate surface area is 107 Å². The van der Waals surface area contributed by atoms with Crippen LogP contribution in [-0.4, -0.2) is 53.5 Å². The summed E-state index contributed by atoms with van der Waals surface area (Å²) in [6.07, 6.45) is -0.679. The van der Waals surface area contributed by atoms with Gasteiger partial charge in [0.15, 0.2) is 0 Å². The Hall–Kier alpha value is -1.30. The molecule has 6 heteroatoms. The molecule has 6 nitrogen and oxygen atoms in total. The second kappa shape index (κ2) is 5.56. The fraction of sp³-hybridized carbons (Fsp3) is 0.833. The van der Waals surface area contributed by atoms with Gasteiger partial charge in [-0.2, -0.15) is 0 Å². The van der Waals surface area contributed by atoms with Gasteiger partial charge in [0.2, 0.25) is 0 Å². The van der Waals surface area contributed by atoms with Gasteiger partial charge >= 0.3 is 12.1 Å². The second-order valence-electron chi connectivity index (χ2n) is 5.46. The number of likely N-dealkylation sites (tertiary alicyclic amines) is 1. The van der Waals surface area contributed by atoms with E-state index in [0.717, 1.165) is 0 Å². The lowest BCUT2D eigenvalue weighted by Gasteiger charge is -2.27. The zero-order valence-corrected chi connectivity index (χ0v) is 11.3. The summed E-state index contributed by atoms with van der Waals surface area (Å²) in [4.78, 5) is 24.6. The molecule has 0 radical (unpaired) electrons. The SMILES string of the molecule is COC(=O)CC1CC(O)CN1C(=O)OC(C)(C)C. The van der Waals surface area contributed by atoms with Crippen LogP contribution in [0.2, 0.25) is 0 Å². The topological polar surface area (TPSA) is 76.1 Å². The lowest BCUT2D eigenvalue weighted by molar-refractivity contribution is -0.141. The predicted molar refractivity (Wildman–Crippen MR) is 64.0 cm³/mol. The molecule has 2 atom stereocenters. The number of carbonyl (C=O) groups is 2. The second-order valence-corrected chi connectivity index (χ2v) is 5.46. The Morgan fingerprint density at radius 3 is 2.50 bits per heavy atom. The first-order chi connectivity index (χ1) is 8.23. The maximum Gasteiger partial charge on any atom is 0.410 e. The molecule has 1 aliphatic rings. The number of aliphatic hydroxyl groups is 1. The van der Waals surface area contributed by atoms with Gasteiger partial charge < -0.3 is 19.5 Å². The van der Waals surface area contributed by atoms with Crippen LogP contribution < -0.4 is 0 Å². The Morgan fingerprint density at radius 2 is 2.00 bits per heavy atom. The molecule has 1 rings (SSSR count). The van der Waals surface area contributed by atoms with E-state index in [1.165, 1.54) is 12.0 Å². The fourth-order valence-corrected chi connectivity index (χ4v) is 1.91. The maximum atomic E-state index is 11.9. The van der Waals surface area contributed by atoms with Gasteiger partial charge in [-0.15, -0.1) is 0 Å². The van der Waals surface area contributed by atoms with Crippen molar-refractivity contribution in [2.75, 3.05) is 13.7 Å². The number of aliphatic hydroxyl groups excluding tert-OH is 1. The Bertz CT molecular complexity index is 323. The number of nitrogens with zero attached hydrogens (tertiary/aromatic N) is 1. The lowest BCUT2D eigenvalue weighted by atomic mass is 10.1. The smallest absolute Gasteiger partial charge is 0.410 e. The largest absolute Gasteiger partial charge is 0.469 e. The quantitative estimate of drug-likeness (QED) is 0.746. The number of esters is 1. The van der Waals surface area contributed by atoms with E-state index < -0.39 is 23.8 Å². The lowest BCUT2D eigenvalue weighted by Crippen LogP contribution is -2.41. The summed E-state index contributed by atoms with van der Waals surface area (Å²) >= 11 is 0. The van der Waals surface area contributed by atoms with E-state index in [0.29, 0.717) is 6.42 Å². The summed E-state index contributed by atoms with van der Waals surface area (Å²) in [5.74, 6) is -0.400. The van der Waals surface area contributed by atoms with Gasteiger partial charge in [0.05, 0.1) is 26.2 Å². The molecule has 1 aliphatic heterocycles. The molecule has 0 aliphatic carbocycles. The Morgan fingerprint density at radius 1 is 1.39 bits per heavy atom.